The van der Waals surface area contributed by atoms with Crippen LogP contribution in [-0.2, 0) is 16.1 Å². The summed E-state index contributed by atoms with van der Waals surface area (Å²) < 4.78 is 33.5. The van der Waals surface area contributed by atoms with Crippen molar-refractivity contribution in [2.24, 2.45) is 0 Å². The highest BCUT2D eigenvalue weighted by molar-refractivity contribution is 5.97. The number of carbonyl (C=O) groups is 2. The van der Waals surface area contributed by atoms with Gasteiger partial charge < -0.3 is 14.6 Å². The van der Waals surface area contributed by atoms with Crippen molar-refractivity contribution in [2.75, 3.05) is 11.9 Å². The van der Waals surface area contributed by atoms with Gasteiger partial charge in [0.15, 0.2) is 6.61 Å². The molecule has 0 radical (unpaired) electrons. The predicted octanol–water partition coefficient (Wildman–Crippen LogP) is 2.80. The average molecular weight is 401 g/mol. The molecule has 150 valence electrons. The smallest absolute Gasteiger partial charge is 0.338 e. The van der Waals surface area contributed by atoms with Crippen molar-refractivity contribution in [3.63, 3.8) is 0 Å². The molecule has 0 unspecified atom stereocenters. The fourth-order valence-electron chi connectivity index (χ4n) is 2.82. The SMILES string of the molecule is CCn1c(=O)c(C)nc2cc(C(=O)OCC(=O)Nc3c(F)cccc3F)ccc21. The predicted molar refractivity (Wildman–Crippen MR) is 102 cm³/mol. The van der Waals surface area contributed by atoms with Crippen LogP contribution in [0.15, 0.2) is 41.2 Å². The van der Waals surface area contributed by atoms with Crippen LogP contribution in [0.3, 0.4) is 0 Å². The zero-order chi connectivity index (χ0) is 21.1. The summed E-state index contributed by atoms with van der Waals surface area (Å²) in [4.78, 5) is 40.4. The fourth-order valence-corrected chi connectivity index (χ4v) is 2.82. The third-order valence-corrected chi connectivity index (χ3v) is 4.22. The number of hydrogen-bond donors (Lipinski definition) is 1. The van der Waals surface area contributed by atoms with E-state index in [-0.39, 0.29) is 16.8 Å². The quantitative estimate of drug-likeness (QED) is 0.664. The first-order chi connectivity index (χ1) is 13.8. The van der Waals surface area contributed by atoms with Gasteiger partial charge in [-0.3, -0.25) is 9.59 Å². The number of benzene rings is 2. The van der Waals surface area contributed by atoms with E-state index in [1.807, 2.05) is 12.2 Å². The number of rotatable bonds is 5. The van der Waals surface area contributed by atoms with E-state index in [4.69, 9.17) is 4.74 Å². The number of aromatic nitrogens is 2. The number of nitrogens with zero attached hydrogens (tertiary/aromatic N) is 2. The number of nitrogens with one attached hydrogen (secondary N) is 1. The molecule has 0 saturated heterocycles. The van der Waals surface area contributed by atoms with Gasteiger partial charge >= 0.3 is 5.97 Å². The van der Waals surface area contributed by atoms with Crippen LogP contribution >= 0.6 is 0 Å². The van der Waals surface area contributed by atoms with Crippen molar-refractivity contribution in [3.8, 4) is 0 Å². The first-order valence-electron chi connectivity index (χ1n) is 8.74. The number of carbonyl (C=O) groups excluding carboxylic acids is 2. The van der Waals surface area contributed by atoms with Crippen LogP contribution in [0.5, 0.6) is 0 Å². The lowest BCUT2D eigenvalue weighted by molar-refractivity contribution is -0.119. The van der Waals surface area contributed by atoms with Crippen molar-refractivity contribution >= 4 is 28.6 Å². The lowest BCUT2D eigenvalue weighted by atomic mass is 10.2. The molecule has 1 amide bonds. The topological polar surface area (TPSA) is 90.3 Å². The van der Waals surface area contributed by atoms with Crippen molar-refractivity contribution in [2.45, 2.75) is 20.4 Å². The molecule has 2 aromatic carbocycles. The van der Waals surface area contributed by atoms with Gasteiger partial charge in [-0.25, -0.2) is 18.6 Å². The second-order valence-electron chi connectivity index (χ2n) is 6.17. The van der Waals surface area contributed by atoms with Gasteiger partial charge in [0, 0.05) is 6.54 Å². The zero-order valence-corrected chi connectivity index (χ0v) is 15.7. The van der Waals surface area contributed by atoms with Gasteiger partial charge in [-0.15, -0.1) is 0 Å². The molecule has 0 atom stereocenters. The molecule has 0 aliphatic heterocycles. The van der Waals surface area contributed by atoms with Gasteiger partial charge in [-0.1, -0.05) is 6.07 Å². The summed E-state index contributed by atoms with van der Waals surface area (Å²) in [6.07, 6.45) is 0. The molecule has 29 heavy (non-hydrogen) atoms. The van der Waals surface area contributed by atoms with Crippen LogP contribution in [0.2, 0.25) is 0 Å². The first kappa shape index (κ1) is 20.1. The van der Waals surface area contributed by atoms with Crippen molar-refractivity contribution in [1.82, 2.24) is 9.55 Å². The van der Waals surface area contributed by atoms with Gasteiger partial charge in [-0.05, 0) is 44.2 Å². The molecule has 3 rings (SSSR count). The van der Waals surface area contributed by atoms with E-state index >= 15 is 0 Å². The van der Waals surface area contributed by atoms with E-state index in [0.717, 1.165) is 18.2 Å². The molecule has 1 N–H and O–H groups in total. The molecule has 0 saturated carbocycles. The second kappa shape index (κ2) is 8.17. The molecule has 9 heteroatoms. The monoisotopic (exact) mass is 401 g/mol. The van der Waals surface area contributed by atoms with E-state index in [9.17, 15) is 23.2 Å². The van der Waals surface area contributed by atoms with Crippen LogP contribution in [0.25, 0.3) is 11.0 Å². The zero-order valence-electron chi connectivity index (χ0n) is 15.7. The van der Waals surface area contributed by atoms with Gasteiger partial charge in [-0.2, -0.15) is 0 Å². The number of para-hydroxylation sites is 1. The summed E-state index contributed by atoms with van der Waals surface area (Å²) in [5, 5.41) is 2.03. The van der Waals surface area contributed by atoms with Crippen LogP contribution in [0.1, 0.15) is 23.0 Å². The molecule has 0 bridgehead atoms. The van der Waals surface area contributed by atoms with E-state index < -0.39 is 35.8 Å². The number of esters is 1. The van der Waals surface area contributed by atoms with Gasteiger partial charge in [0.05, 0.1) is 16.6 Å². The highest BCUT2D eigenvalue weighted by atomic mass is 19.1. The number of anilines is 1. The normalized spacial score (nSPS) is 10.8. The molecule has 0 aliphatic rings. The number of halogens is 2. The van der Waals surface area contributed by atoms with Crippen molar-refractivity contribution < 1.29 is 23.1 Å². The minimum absolute atomic E-state index is 0.121. The Morgan fingerprint density at radius 2 is 1.86 bits per heavy atom. The fraction of sp³-hybridized carbons (Fsp3) is 0.200. The molecule has 0 aliphatic carbocycles. The lowest BCUT2D eigenvalue weighted by Gasteiger charge is -2.10. The third kappa shape index (κ3) is 4.13. The third-order valence-electron chi connectivity index (χ3n) is 4.22. The minimum atomic E-state index is -0.942. The number of amides is 1. The maximum Gasteiger partial charge on any atom is 0.338 e. The summed E-state index contributed by atoms with van der Waals surface area (Å²) in [6.45, 7) is 3.10. The molecular formula is C20H17F2N3O4. The van der Waals surface area contributed by atoms with Gasteiger partial charge in [0.25, 0.3) is 11.5 Å². The molecule has 1 aromatic heterocycles. The minimum Gasteiger partial charge on any atom is -0.452 e. The number of aryl methyl sites for hydroxylation is 2. The summed E-state index contributed by atoms with van der Waals surface area (Å²) >= 11 is 0. The van der Waals surface area contributed by atoms with Gasteiger partial charge in [0.1, 0.15) is 23.0 Å². The van der Waals surface area contributed by atoms with Crippen LogP contribution in [0.4, 0.5) is 14.5 Å². The van der Waals surface area contributed by atoms with Crippen LogP contribution < -0.4 is 10.9 Å². The second-order valence-corrected chi connectivity index (χ2v) is 6.17. The Bertz CT molecular complexity index is 1150. The highest BCUT2D eigenvalue weighted by Crippen LogP contribution is 2.18. The summed E-state index contributed by atoms with van der Waals surface area (Å²) in [6, 6.07) is 7.60. The van der Waals surface area contributed by atoms with Crippen LogP contribution in [0, 0.1) is 18.6 Å². The first-order valence-corrected chi connectivity index (χ1v) is 8.74. The van der Waals surface area contributed by atoms with E-state index in [2.05, 4.69) is 4.98 Å². The van der Waals surface area contributed by atoms with Gasteiger partial charge in [0.2, 0.25) is 0 Å². The summed E-state index contributed by atoms with van der Waals surface area (Å²) in [5.41, 5.74) is 0.569. The Morgan fingerprint density at radius 3 is 2.52 bits per heavy atom. The van der Waals surface area contributed by atoms with E-state index in [1.54, 1.807) is 13.0 Å². The molecule has 0 spiro atoms. The molecule has 0 fully saturated rings. The lowest BCUT2D eigenvalue weighted by Crippen LogP contribution is -2.24. The Balaban J connectivity index is 1.74. The standard InChI is InChI=1S/C20H17F2N3O4/c1-3-25-16-8-7-12(9-15(16)23-11(2)19(25)27)20(28)29-10-17(26)24-18-13(21)5-4-6-14(18)22/h4-9H,3,10H2,1-2H3,(H,24,26). The number of hydrogen-bond acceptors (Lipinski definition) is 5. The Kier molecular flexibility index (Phi) is 5.67. The molecular weight excluding hydrogens is 384 g/mol. The summed E-state index contributed by atoms with van der Waals surface area (Å²) in [5.74, 6) is -3.59. The van der Waals surface area contributed by atoms with Crippen LogP contribution in [-0.4, -0.2) is 28.0 Å². The van der Waals surface area contributed by atoms with Crippen molar-refractivity contribution in [1.29, 1.82) is 0 Å². The number of fused-ring (bicyclic) bond motifs is 1. The highest BCUT2D eigenvalue weighted by Gasteiger charge is 2.16. The maximum atomic E-state index is 13.6. The number of ether oxygens (including phenoxy) is 1. The van der Waals surface area contributed by atoms with E-state index in [1.165, 1.54) is 16.7 Å². The molecule has 7 nitrogen and oxygen atoms in total. The average Bonchev–Trinajstić information content (AvgIpc) is 2.69. The Labute approximate surface area is 163 Å². The molecule has 1 heterocycles. The molecule has 3 aromatic rings. The maximum absolute atomic E-state index is 13.6. The van der Waals surface area contributed by atoms with E-state index in [0.29, 0.717) is 17.6 Å². The van der Waals surface area contributed by atoms with Crippen molar-refractivity contribution in [3.05, 3.63) is 69.6 Å². The Hall–Kier alpha value is -3.62. The largest absolute Gasteiger partial charge is 0.452 e. The summed E-state index contributed by atoms with van der Waals surface area (Å²) in [7, 11) is 0. The Morgan fingerprint density at radius 1 is 1.17 bits per heavy atom.